The molecule has 0 fully saturated rings. The Morgan fingerprint density at radius 2 is 1.61 bits per heavy atom. The maximum absolute atomic E-state index is 13.5. The Bertz CT molecular complexity index is 1310. The molecule has 1 aliphatic heterocycles. The third kappa shape index (κ3) is 4.90. The Morgan fingerprint density at radius 3 is 2.25 bits per heavy atom. The van der Waals surface area contributed by atoms with Crippen molar-refractivity contribution in [2.45, 2.75) is 12.5 Å². The maximum atomic E-state index is 13.5. The number of methoxy groups -OCH3 is 2. The van der Waals surface area contributed by atoms with Crippen LogP contribution in [0.3, 0.4) is 0 Å². The Hall–Kier alpha value is -4.67. The van der Waals surface area contributed by atoms with Gasteiger partial charge >= 0.3 is 0 Å². The van der Waals surface area contributed by atoms with Gasteiger partial charge in [-0.1, -0.05) is 6.07 Å². The zero-order valence-electron chi connectivity index (χ0n) is 19.6. The van der Waals surface area contributed by atoms with Crippen molar-refractivity contribution in [3.05, 3.63) is 97.6 Å². The summed E-state index contributed by atoms with van der Waals surface area (Å²) < 4.78 is 16.8. The summed E-state index contributed by atoms with van der Waals surface area (Å²) >= 11 is 0. The van der Waals surface area contributed by atoms with E-state index >= 15 is 0 Å². The molecule has 0 saturated heterocycles. The number of ether oxygens (including phenoxy) is 3. The highest BCUT2D eigenvalue weighted by Crippen LogP contribution is 2.39. The Morgan fingerprint density at radius 1 is 0.944 bits per heavy atom. The second-order valence-corrected chi connectivity index (χ2v) is 8.04. The Labute approximate surface area is 206 Å². The average molecular weight is 493 g/mol. The molecule has 0 radical (unpaired) electrons. The van der Waals surface area contributed by atoms with Gasteiger partial charge in [-0.15, -0.1) is 0 Å². The molecule has 1 aliphatic rings. The lowest BCUT2D eigenvalue weighted by molar-refractivity contribution is -0.385. The van der Waals surface area contributed by atoms with Crippen LogP contribution in [-0.2, 0) is 6.42 Å². The highest BCUT2D eigenvalue weighted by atomic mass is 16.6. The SMILES string of the molecule is COc1cc2c(cc1OC)[C@@H](COc1ccc([N+](=O)[O-])cc1)N(C(=O)c1cccc([N+](=O)[O-])c1)CC2. The van der Waals surface area contributed by atoms with Crippen molar-refractivity contribution >= 4 is 17.3 Å². The lowest BCUT2D eigenvalue weighted by Gasteiger charge is -2.37. The fourth-order valence-electron chi connectivity index (χ4n) is 4.21. The number of rotatable bonds is 8. The number of fused-ring (bicyclic) bond motifs is 1. The summed E-state index contributed by atoms with van der Waals surface area (Å²) in [5.41, 5.74) is 1.69. The number of nitrogens with zero attached hydrogens (tertiary/aromatic N) is 3. The van der Waals surface area contributed by atoms with Crippen molar-refractivity contribution < 1.29 is 28.9 Å². The molecule has 0 N–H and O–H groups in total. The van der Waals surface area contributed by atoms with Gasteiger partial charge in [0, 0.05) is 36.4 Å². The molecular weight excluding hydrogens is 470 g/mol. The van der Waals surface area contributed by atoms with Crippen molar-refractivity contribution in [3.63, 3.8) is 0 Å². The first-order valence-corrected chi connectivity index (χ1v) is 11.0. The molecule has 3 aromatic carbocycles. The van der Waals surface area contributed by atoms with Crippen LogP contribution in [0.5, 0.6) is 17.2 Å². The zero-order valence-corrected chi connectivity index (χ0v) is 19.6. The van der Waals surface area contributed by atoms with Crippen LogP contribution in [0, 0.1) is 20.2 Å². The minimum absolute atomic E-state index is 0.0426. The van der Waals surface area contributed by atoms with Crippen LogP contribution in [0.15, 0.2) is 60.7 Å². The number of carbonyl (C=O) groups is 1. The average Bonchev–Trinajstić information content (AvgIpc) is 2.90. The second kappa shape index (κ2) is 10.3. The number of non-ortho nitro benzene ring substituents is 2. The molecule has 0 saturated carbocycles. The van der Waals surface area contributed by atoms with E-state index in [4.69, 9.17) is 14.2 Å². The van der Waals surface area contributed by atoms with Gasteiger partial charge in [-0.2, -0.15) is 0 Å². The van der Waals surface area contributed by atoms with Crippen LogP contribution in [0.4, 0.5) is 11.4 Å². The van der Waals surface area contributed by atoms with E-state index in [1.54, 1.807) is 18.1 Å². The van der Waals surface area contributed by atoms with Gasteiger partial charge in [0.2, 0.25) is 0 Å². The van der Waals surface area contributed by atoms with E-state index in [1.807, 2.05) is 6.07 Å². The summed E-state index contributed by atoms with van der Waals surface area (Å²) in [6, 6.07) is 14.3. The Balaban J connectivity index is 1.69. The van der Waals surface area contributed by atoms with Gasteiger partial charge in [0.05, 0.1) is 30.1 Å². The maximum Gasteiger partial charge on any atom is 0.270 e. The monoisotopic (exact) mass is 493 g/mol. The first-order chi connectivity index (χ1) is 17.3. The molecule has 1 atom stereocenters. The standard InChI is InChI=1S/C25H23N3O8/c1-34-23-13-16-10-11-26(25(29)17-4-3-5-19(12-17)28(32)33)22(21(16)14-24(23)35-2)15-36-20-8-6-18(7-9-20)27(30)31/h3-9,12-14,22H,10-11,15H2,1-2H3/t22-/m1/s1. The highest BCUT2D eigenvalue weighted by Gasteiger charge is 2.34. The number of amides is 1. The number of nitro groups is 2. The number of benzene rings is 3. The van der Waals surface area contributed by atoms with Crippen molar-refractivity contribution in [1.82, 2.24) is 4.90 Å². The van der Waals surface area contributed by atoms with Gasteiger partial charge in [0.1, 0.15) is 12.4 Å². The van der Waals surface area contributed by atoms with Gasteiger partial charge in [0.25, 0.3) is 17.3 Å². The smallest absolute Gasteiger partial charge is 0.270 e. The second-order valence-electron chi connectivity index (χ2n) is 8.04. The van der Waals surface area contributed by atoms with Crippen molar-refractivity contribution in [2.75, 3.05) is 27.4 Å². The first kappa shape index (κ1) is 24.5. The minimum Gasteiger partial charge on any atom is -0.493 e. The third-order valence-corrected chi connectivity index (χ3v) is 6.02. The van der Waals surface area contributed by atoms with Crippen LogP contribution >= 0.6 is 0 Å². The van der Waals surface area contributed by atoms with E-state index in [9.17, 15) is 25.0 Å². The molecule has 0 spiro atoms. The summed E-state index contributed by atoms with van der Waals surface area (Å²) in [6.45, 7) is 0.388. The van der Waals surface area contributed by atoms with Crippen molar-refractivity contribution in [3.8, 4) is 17.2 Å². The van der Waals surface area contributed by atoms with E-state index in [1.165, 1.54) is 55.6 Å². The molecule has 186 valence electrons. The van der Waals surface area contributed by atoms with E-state index in [0.29, 0.717) is 30.2 Å². The molecule has 11 nitrogen and oxygen atoms in total. The minimum atomic E-state index is -0.560. The lowest BCUT2D eigenvalue weighted by Crippen LogP contribution is -2.42. The predicted octanol–water partition coefficient (Wildman–Crippen LogP) is 4.34. The van der Waals surface area contributed by atoms with Crippen LogP contribution < -0.4 is 14.2 Å². The number of nitro benzene ring substituents is 2. The van der Waals surface area contributed by atoms with Gasteiger partial charge in [-0.25, -0.2) is 0 Å². The van der Waals surface area contributed by atoms with E-state index in [2.05, 4.69) is 0 Å². The first-order valence-electron chi connectivity index (χ1n) is 11.0. The summed E-state index contributed by atoms with van der Waals surface area (Å²) in [4.78, 5) is 36.3. The molecule has 1 heterocycles. The topological polar surface area (TPSA) is 134 Å². The predicted molar refractivity (Wildman–Crippen MR) is 129 cm³/mol. The molecule has 36 heavy (non-hydrogen) atoms. The fraction of sp³-hybridized carbons (Fsp3) is 0.240. The largest absolute Gasteiger partial charge is 0.493 e. The van der Waals surface area contributed by atoms with E-state index < -0.39 is 15.9 Å². The molecule has 11 heteroatoms. The molecule has 3 aromatic rings. The highest BCUT2D eigenvalue weighted by molar-refractivity contribution is 5.95. The molecule has 0 bridgehead atoms. The molecule has 4 rings (SSSR count). The quantitative estimate of drug-likeness (QED) is 0.334. The lowest BCUT2D eigenvalue weighted by atomic mass is 9.91. The third-order valence-electron chi connectivity index (χ3n) is 6.02. The molecule has 0 aromatic heterocycles. The van der Waals surface area contributed by atoms with Gasteiger partial charge in [-0.3, -0.25) is 25.0 Å². The molecular formula is C25H23N3O8. The normalized spacial score (nSPS) is 14.5. The van der Waals surface area contributed by atoms with Crippen LogP contribution in [-0.4, -0.2) is 48.0 Å². The fourth-order valence-corrected chi connectivity index (χ4v) is 4.21. The van der Waals surface area contributed by atoms with Gasteiger partial charge in [-0.05, 0) is 47.9 Å². The van der Waals surface area contributed by atoms with Crippen LogP contribution in [0.1, 0.15) is 27.5 Å². The molecule has 0 aliphatic carbocycles. The summed E-state index contributed by atoms with van der Waals surface area (Å²) in [6.07, 6.45) is 0.532. The van der Waals surface area contributed by atoms with Crippen LogP contribution in [0.25, 0.3) is 0 Å². The van der Waals surface area contributed by atoms with Crippen LogP contribution in [0.2, 0.25) is 0 Å². The summed E-state index contributed by atoms with van der Waals surface area (Å²) in [7, 11) is 3.06. The molecule has 1 amide bonds. The number of carbonyl (C=O) groups excluding carboxylic acids is 1. The van der Waals surface area contributed by atoms with Crippen molar-refractivity contribution in [1.29, 1.82) is 0 Å². The number of hydrogen-bond acceptors (Lipinski definition) is 8. The van der Waals surface area contributed by atoms with Crippen molar-refractivity contribution in [2.24, 2.45) is 0 Å². The molecule has 0 unspecified atom stereocenters. The Kier molecular flexibility index (Phi) is 7.00. The van der Waals surface area contributed by atoms with E-state index in [0.717, 1.165) is 11.1 Å². The zero-order chi connectivity index (χ0) is 25.8. The van der Waals surface area contributed by atoms with Gasteiger partial charge < -0.3 is 19.1 Å². The number of hydrogen-bond donors (Lipinski definition) is 0. The van der Waals surface area contributed by atoms with E-state index in [-0.39, 0.29) is 29.5 Å². The summed E-state index contributed by atoms with van der Waals surface area (Å²) in [5.74, 6) is 1.07. The summed E-state index contributed by atoms with van der Waals surface area (Å²) in [5, 5.41) is 22.2. The van der Waals surface area contributed by atoms with Gasteiger partial charge in [0.15, 0.2) is 11.5 Å².